The molecule has 8 heteroatoms. The molecule has 0 bridgehead atoms. The summed E-state index contributed by atoms with van der Waals surface area (Å²) in [6.07, 6.45) is 3.21. The molecule has 3 heterocycles. The zero-order valence-corrected chi connectivity index (χ0v) is 17.2. The van der Waals surface area contributed by atoms with E-state index in [9.17, 15) is 9.59 Å². The van der Waals surface area contributed by atoms with Crippen molar-refractivity contribution in [2.75, 3.05) is 18.4 Å². The number of carbonyl (C=O) groups excluding carboxylic acids is 1. The van der Waals surface area contributed by atoms with Gasteiger partial charge in [0.15, 0.2) is 0 Å². The zero-order chi connectivity index (χ0) is 20.5. The number of carbonyl (C=O) groups is 1. The van der Waals surface area contributed by atoms with Crippen molar-refractivity contribution < 1.29 is 9.53 Å². The first-order valence-corrected chi connectivity index (χ1v) is 9.77. The second-order valence-corrected chi connectivity index (χ2v) is 8.52. The van der Waals surface area contributed by atoms with Gasteiger partial charge in [-0.3, -0.25) is 9.36 Å². The summed E-state index contributed by atoms with van der Waals surface area (Å²) in [5.41, 5.74) is 0.0140. The number of aromatic nitrogens is 3. The van der Waals surface area contributed by atoms with Gasteiger partial charge in [-0.15, -0.1) is 0 Å². The Labute approximate surface area is 164 Å². The Morgan fingerprint density at radius 2 is 2.07 bits per heavy atom. The van der Waals surface area contributed by atoms with Crippen LogP contribution >= 0.6 is 0 Å². The van der Waals surface area contributed by atoms with Crippen LogP contribution in [0.25, 0.3) is 11.0 Å². The van der Waals surface area contributed by atoms with Crippen LogP contribution in [0.4, 0.5) is 10.7 Å². The van der Waals surface area contributed by atoms with E-state index in [1.807, 2.05) is 34.6 Å². The first-order valence-electron chi connectivity index (χ1n) is 9.77. The van der Waals surface area contributed by atoms with Crippen LogP contribution in [0.2, 0.25) is 0 Å². The molecule has 0 saturated carbocycles. The van der Waals surface area contributed by atoms with Gasteiger partial charge in [-0.25, -0.2) is 9.78 Å². The molecule has 0 unspecified atom stereocenters. The molecule has 1 aliphatic rings. The highest BCUT2D eigenvalue weighted by atomic mass is 16.6. The minimum atomic E-state index is -0.514. The standard InChI is InChI=1S/C20H29N5O3/c1-13(2)25-16(26)9-8-14-11-21-18(23-17(14)25)22-15-7-6-10-24(12-15)19(27)28-20(3,4)5/h8-9,11,13,15H,6-7,10,12H2,1-5H3,(H,21,22,23)/t15-/m1/s1. The van der Waals surface area contributed by atoms with Crippen LogP contribution in [0.5, 0.6) is 0 Å². The van der Waals surface area contributed by atoms with Crippen molar-refractivity contribution >= 4 is 23.1 Å². The molecular formula is C20H29N5O3. The second kappa shape index (κ2) is 7.77. The summed E-state index contributed by atoms with van der Waals surface area (Å²) in [6, 6.07) is 3.31. The van der Waals surface area contributed by atoms with Gasteiger partial charge in [-0.05, 0) is 53.5 Å². The fourth-order valence-corrected chi connectivity index (χ4v) is 3.38. The maximum absolute atomic E-state index is 12.4. The molecule has 1 atom stereocenters. The number of ether oxygens (including phenoxy) is 1. The Morgan fingerprint density at radius 3 is 2.75 bits per heavy atom. The summed E-state index contributed by atoms with van der Waals surface area (Å²) in [5, 5.41) is 4.14. The number of nitrogens with one attached hydrogen (secondary N) is 1. The molecule has 0 aromatic carbocycles. The van der Waals surface area contributed by atoms with Gasteiger partial charge in [0.25, 0.3) is 5.56 Å². The van der Waals surface area contributed by atoms with Gasteiger partial charge >= 0.3 is 6.09 Å². The number of likely N-dealkylation sites (tertiary alicyclic amines) is 1. The molecule has 1 aliphatic heterocycles. The summed E-state index contributed by atoms with van der Waals surface area (Å²) in [6.45, 7) is 10.7. The van der Waals surface area contributed by atoms with Crippen LogP contribution in [0.3, 0.4) is 0 Å². The molecule has 0 spiro atoms. The van der Waals surface area contributed by atoms with Crippen LogP contribution < -0.4 is 10.9 Å². The fourth-order valence-electron chi connectivity index (χ4n) is 3.38. The predicted octanol–water partition coefficient (Wildman–Crippen LogP) is 3.18. The number of pyridine rings is 1. The highest BCUT2D eigenvalue weighted by Crippen LogP contribution is 2.19. The predicted molar refractivity (Wildman–Crippen MR) is 109 cm³/mol. The molecular weight excluding hydrogens is 358 g/mol. The number of hydrogen-bond donors (Lipinski definition) is 1. The first kappa shape index (κ1) is 20.1. The van der Waals surface area contributed by atoms with E-state index in [1.54, 1.807) is 27.8 Å². The van der Waals surface area contributed by atoms with Crippen LogP contribution in [0.15, 0.2) is 23.1 Å². The van der Waals surface area contributed by atoms with E-state index < -0.39 is 5.60 Å². The molecule has 0 radical (unpaired) electrons. The fraction of sp³-hybridized carbons (Fsp3) is 0.600. The topological polar surface area (TPSA) is 89.4 Å². The molecule has 0 aliphatic carbocycles. The smallest absolute Gasteiger partial charge is 0.410 e. The number of anilines is 1. The molecule has 1 N–H and O–H groups in total. The maximum Gasteiger partial charge on any atom is 0.410 e. The van der Waals surface area contributed by atoms with Gasteiger partial charge in [0.05, 0.1) is 0 Å². The lowest BCUT2D eigenvalue weighted by Crippen LogP contribution is -2.47. The van der Waals surface area contributed by atoms with Crippen LogP contribution in [0.1, 0.15) is 53.5 Å². The van der Waals surface area contributed by atoms with Gasteiger partial charge in [0.1, 0.15) is 11.2 Å². The van der Waals surface area contributed by atoms with Crippen LogP contribution in [-0.4, -0.2) is 50.3 Å². The SMILES string of the molecule is CC(C)n1c(=O)ccc2cnc(N[C@@H]3CCCN(C(=O)OC(C)(C)C)C3)nc21. The molecule has 3 rings (SSSR count). The summed E-state index contributed by atoms with van der Waals surface area (Å²) in [4.78, 5) is 35.3. The number of nitrogens with zero attached hydrogens (tertiary/aromatic N) is 4. The van der Waals surface area contributed by atoms with Crippen molar-refractivity contribution in [2.24, 2.45) is 0 Å². The summed E-state index contributed by atoms with van der Waals surface area (Å²) >= 11 is 0. The average Bonchev–Trinajstić information content (AvgIpc) is 2.60. The third-order valence-corrected chi connectivity index (χ3v) is 4.59. The van der Waals surface area contributed by atoms with Gasteiger partial charge < -0.3 is 15.0 Å². The number of piperidine rings is 1. The average molecular weight is 387 g/mol. The van der Waals surface area contributed by atoms with E-state index in [1.165, 1.54) is 0 Å². The van der Waals surface area contributed by atoms with Crippen molar-refractivity contribution in [3.05, 3.63) is 28.7 Å². The zero-order valence-electron chi connectivity index (χ0n) is 17.2. The number of rotatable bonds is 3. The summed E-state index contributed by atoms with van der Waals surface area (Å²) < 4.78 is 7.14. The Balaban J connectivity index is 1.78. The van der Waals surface area contributed by atoms with Crippen molar-refractivity contribution in [1.82, 2.24) is 19.4 Å². The molecule has 2 aromatic rings. The number of hydrogen-bond acceptors (Lipinski definition) is 6. The summed E-state index contributed by atoms with van der Waals surface area (Å²) in [5.74, 6) is 0.462. The van der Waals surface area contributed by atoms with E-state index in [2.05, 4.69) is 15.3 Å². The molecule has 28 heavy (non-hydrogen) atoms. The number of fused-ring (bicyclic) bond motifs is 1. The molecule has 2 aromatic heterocycles. The van der Waals surface area contributed by atoms with Crippen LogP contribution in [0, 0.1) is 0 Å². The largest absolute Gasteiger partial charge is 0.444 e. The maximum atomic E-state index is 12.4. The monoisotopic (exact) mass is 387 g/mol. The highest BCUT2D eigenvalue weighted by Gasteiger charge is 2.28. The molecule has 1 saturated heterocycles. The lowest BCUT2D eigenvalue weighted by atomic mass is 10.1. The van der Waals surface area contributed by atoms with E-state index in [4.69, 9.17) is 4.74 Å². The van der Waals surface area contributed by atoms with Crippen molar-refractivity contribution in [3.63, 3.8) is 0 Å². The normalized spacial score (nSPS) is 17.8. The highest BCUT2D eigenvalue weighted by molar-refractivity contribution is 5.75. The molecule has 1 amide bonds. The Hall–Kier alpha value is -2.64. The van der Waals surface area contributed by atoms with E-state index >= 15 is 0 Å². The number of amides is 1. The van der Waals surface area contributed by atoms with Crippen molar-refractivity contribution in [3.8, 4) is 0 Å². The van der Waals surface area contributed by atoms with Gasteiger partial charge in [0, 0.05) is 42.8 Å². The first-order chi connectivity index (χ1) is 13.1. The van der Waals surface area contributed by atoms with Gasteiger partial charge in [0.2, 0.25) is 5.95 Å². The Bertz CT molecular complexity index is 916. The molecule has 8 nitrogen and oxygen atoms in total. The molecule has 152 valence electrons. The van der Waals surface area contributed by atoms with Crippen LogP contribution in [-0.2, 0) is 4.74 Å². The molecule has 1 fully saturated rings. The van der Waals surface area contributed by atoms with Crippen molar-refractivity contribution in [1.29, 1.82) is 0 Å². The quantitative estimate of drug-likeness (QED) is 0.870. The van der Waals surface area contributed by atoms with E-state index in [0.29, 0.717) is 24.7 Å². The lowest BCUT2D eigenvalue weighted by Gasteiger charge is -2.34. The second-order valence-electron chi connectivity index (χ2n) is 8.52. The van der Waals surface area contributed by atoms with Gasteiger partial charge in [-0.2, -0.15) is 4.98 Å². The Kier molecular flexibility index (Phi) is 5.58. The third kappa shape index (κ3) is 4.61. The third-order valence-electron chi connectivity index (χ3n) is 4.59. The van der Waals surface area contributed by atoms with Crippen molar-refractivity contribution in [2.45, 2.75) is 65.1 Å². The van der Waals surface area contributed by atoms with Gasteiger partial charge in [-0.1, -0.05) is 0 Å². The van der Waals surface area contributed by atoms with E-state index in [0.717, 1.165) is 18.2 Å². The minimum absolute atomic E-state index is 0.00343. The Morgan fingerprint density at radius 1 is 1.32 bits per heavy atom. The minimum Gasteiger partial charge on any atom is -0.444 e. The van der Waals surface area contributed by atoms with E-state index in [-0.39, 0.29) is 23.7 Å². The lowest BCUT2D eigenvalue weighted by molar-refractivity contribution is 0.0206. The summed E-state index contributed by atoms with van der Waals surface area (Å²) in [7, 11) is 0.